The number of piperidine rings is 1. The fourth-order valence-corrected chi connectivity index (χ4v) is 3.80. The van der Waals surface area contributed by atoms with Crippen molar-refractivity contribution in [3.8, 4) is 0 Å². The normalized spacial score (nSPS) is 23.5. The Labute approximate surface area is 138 Å². The molecule has 1 aromatic carbocycles. The zero-order chi connectivity index (χ0) is 16.1. The molecule has 2 aliphatic heterocycles. The van der Waals surface area contributed by atoms with Crippen molar-refractivity contribution in [3.63, 3.8) is 0 Å². The van der Waals surface area contributed by atoms with Gasteiger partial charge in [0.05, 0.1) is 5.92 Å². The van der Waals surface area contributed by atoms with Crippen LogP contribution >= 0.6 is 0 Å². The lowest BCUT2D eigenvalue weighted by Gasteiger charge is -2.34. The van der Waals surface area contributed by atoms with E-state index in [9.17, 15) is 9.18 Å². The molecule has 0 N–H and O–H groups in total. The molecule has 2 saturated heterocycles. The fraction of sp³-hybridized carbons (Fsp3) is 0.632. The van der Waals surface area contributed by atoms with Crippen LogP contribution in [0.1, 0.15) is 44.1 Å². The average molecular weight is 318 g/mol. The van der Waals surface area contributed by atoms with Crippen LogP contribution in [0.25, 0.3) is 0 Å². The van der Waals surface area contributed by atoms with Crippen LogP contribution in [0.4, 0.5) is 4.39 Å². The Balaban J connectivity index is 1.56. The summed E-state index contributed by atoms with van der Waals surface area (Å²) in [6.45, 7) is 4.55. The van der Waals surface area contributed by atoms with Crippen molar-refractivity contribution < 1.29 is 9.18 Å². The Kier molecular flexibility index (Phi) is 5.65. The summed E-state index contributed by atoms with van der Waals surface area (Å²) in [5.41, 5.74) is 1.12. The van der Waals surface area contributed by atoms with Gasteiger partial charge in [0.1, 0.15) is 5.82 Å². The predicted octanol–water partition coefficient (Wildman–Crippen LogP) is 3.44. The Hall–Kier alpha value is -1.42. The molecule has 0 spiro atoms. The summed E-state index contributed by atoms with van der Waals surface area (Å²) in [7, 11) is 0. The molecular weight excluding hydrogens is 291 g/mol. The number of halogens is 1. The van der Waals surface area contributed by atoms with E-state index in [0.29, 0.717) is 5.91 Å². The molecule has 0 saturated carbocycles. The summed E-state index contributed by atoms with van der Waals surface area (Å²) >= 11 is 0. The second kappa shape index (κ2) is 7.91. The topological polar surface area (TPSA) is 23.6 Å². The Morgan fingerprint density at radius 1 is 1.00 bits per heavy atom. The molecule has 1 atom stereocenters. The van der Waals surface area contributed by atoms with Crippen molar-refractivity contribution in [2.75, 3.05) is 26.2 Å². The van der Waals surface area contributed by atoms with Crippen LogP contribution in [0.5, 0.6) is 0 Å². The monoisotopic (exact) mass is 318 g/mol. The molecule has 0 radical (unpaired) electrons. The third kappa shape index (κ3) is 4.54. The Morgan fingerprint density at radius 2 is 1.70 bits per heavy atom. The largest absolute Gasteiger partial charge is 0.342 e. The van der Waals surface area contributed by atoms with Crippen molar-refractivity contribution >= 4 is 5.91 Å². The first-order chi connectivity index (χ1) is 11.2. The third-order valence-electron chi connectivity index (χ3n) is 5.09. The van der Waals surface area contributed by atoms with Crippen LogP contribution < -0.4 is 0 Å². The minimum absolute atomic E-state index is 0.141. The summed E-state index contributed by atoms with van der Waals surface area (Å²) in [6.07, 6.45) is 6.90. The van der Waals surface area contributed by atoms with Gasteiger partial charge in [0.2, 0.25) is 5.91 Å². The smallest absolute Gasteiger partial charge is 0.226 e. The van der Waals surface area contributed by atoms with Crippen molar-refractivity contribution in [2.45, 2.75) is 45.1 Å². The van der Waals surface area contributed by atoms with Crippen molar-refractivity contribution in [1.82, 2.24) is 9.80 Å². The summed E-state index contributed by atoms with van der Waals surface area (Å²) in [6, 6.07) is 6.71. The highest BCUT2D eigenvalue weighted by atomic mass is 19.1. The SMILES string of the molecule is O=C([C@H]1CCCN(Cc2ccc(F)cc2)C1)N1CCCCCC1. The minimum Gasteiger partial charge on any atom is -0.342 e. The number of carbonyl (C=O) groups is 1. The van der Waals surface area contributed by atoms with E-state index < -0.39 is 0 Å². The zero-order valence-corrected chi connectivity index (χ0v) is 13.8. The second-order valence-corrected chi connectivity index (χ2v) is 6.94. The van der Waals surface area contributed by atoms with E-state index in [1.807, 2.05) is 12.1 Å². The first-order valence-electron chi connectivity index (χ1n) is 8.98. The Morgan fingerprint density at radius 3 is 2.39 bits per heavy atom. The van der Waals surface area contributed by atoms with E-state index in [0.717, 1.165) is 64.0 Å². The minimum atomic E-state index is -0.193. The number of benzene rings is 1. The predicted molar refractivity (Wildman–Crippen MR) is 89.4 cm³/mol. The second-order valence-electron chi connectivity index (χ2n) is 6.94. The lowest BCUT2D eigenvalue weighted by Crippen LogP contribution is -2.44. The van der Waals surface area contributed by atoms with E-state index in [2.05, 4.69) is 9.80 Å². The third-order valence-corrected chi connectivity index (χ3v) is 5.09. The highest BCUT2D eigenvalue weighted by molar-refractivity contribution is 5.79. The zero-order valence-electron chi connectivity index (χ0n) is 13.8. The molecule has 0 bridgehead atoms. The van der Waals surface area contributed by atoms with Gasteiger partial charge >= 0.3 is 0 Å². The van der Waals surface area contributed by atoms with Gasteiger partial charge in [-0.25, -0.2) is 4.39 Å². The first kappa shape index (κ1) is 16.4. The molecule has 0 unspecified atom stereocenters. The summed E-state index contributed by atoms with van der Waals surface area (Å²) in [5, 5.41) is 0. The van der Waals surface area contributed by atoms with Gasteiger partial charge in [-0.3, -0.25) is 9.69 Å². The van der Waals surface area contributed by atoms with Gasteiger partial charge in [0.15, 0.2) is 0 Å². The Bertz CT molecular complexity index is 509. The molecular formula is C19H27FN2O. The number of rotatable bonds is 3. The maximum absolute atomic E-state index is 13.0. The van der Waals surface area contributed by atoms with Crippen LogP contribution in [-0.2, 0) is 11.3 Å². The molecule has 1 aromatic rings. The van der Waals surface area contributed by atoms with Gasteiger partial charge in [-0.15, -0.1) is 0 Å². The number of likely N-dealkylation sites (tertiary alicyclic amines) is 2. The molecule has 23 heavy (non-hydrogen) atoms. The van der Waals surface area contributed by atoms with Gasteiger partial charge in [0.25, 0.3) is 0 Å². The fourth-order valence-electron chi connectivity index (χ4n) is 3.80. The molecule has 4 heteroatoms. The summed E-state index contributed by atoms with van der Waals surface area (Å²) in [4.78, 5) is 17.2. The van der Waals surface area contributed by atoms with E-state index in [1.165, 1.54) is 25.0 Å². The lowest BCUT2D eigenvalue weighted by molar-refractivity contribution is -0.137. The quantitative estimate of drug-likeness (QED) is 0.852. The maximum Gasteiger partial charge on any atom is 0.226 e. The highest BCUT2D eigenvalue weighted by Crippen LogP contribution is 2.22. The standard InChI is InChI=1S/C19H27FN2O/c20-18-9-7-16(8-10-18)14-21-11-5-6-17(15-21)19(23)22-12-3-1-2-4-13-22/h7-10,17H,1-6,11-15H2/t17-/m0/s1. The van der Waals surface area contributed by atoms with Crippen LogP contribution in [-0.4, -0.2) is 41.9 Å². The molecule has 3 rings (SSSR count). The lowest BCUT2D eigenvalue weighted by atomic mass is 9.96. The molecule has 0 aromatic heterocycles. The molecule has 2 heterocycles. The number of nitrogens with zero attached hydrogens (tertiary/aromatic N) is 2. The van der Waals surface area contributed by atoms with Gasteiger partial charge in [-0.1, -0.05) is 25.0 Å². The van der Waals surface area contributed by atoms with E-state index in [1.54, 1.807) is 0 Å². The highest BCUT2D eigenvalue weighted by Gasteiger charge is 2.29. The molecule has 2 aliphatic rings. The van der Waals surface area contributed by atoms with Crippen molar-refractivity contribution in [2.24, 2.45) is 5.92 Å². The van der Waals surface area contributed by atoms with Crippen molar-refractivity contribution in [3.05, 3.63) is 35.6 Å². The number of hydrogen-bond donors (Lipinski definition) is 0. The molecule has 126 valence electrons. The van der Waals surface area contributed by atoms with Gasteiger partial charge in [-0.2, -0.15) is 0 Å². The average Bonchev–Trinajstić information content (AvgIpc) is 2.86. The van der Waals surface area contributed by atoms with E-state index in [4.69, 9.17) is 0 Å². The van der Waals surface area contributed by atoms with Gasteiger partial charge < -0.3 is 4.90 Å². The number of carbonyl (C=O) groups excluding carboxylic acids is 1. The van der Waals surface area contributed by atoms with Crippen molar-refractivity contribution in [1.29, 1.82) is 0 Å². The van der Waals surface area contributed by atoms with Gasteiger partial charge in [-0.05, 0) is 49.9 Å². The summed E-state index contributed by atoms with van der Waals surface area (Å²) in [5.74, 6) is 0.305. The number of amides is 1. The van der Waals surface area contributed by atoms with Gasteiger partial charge in [0, 0.05) is 26.2 Å². The van der Waals surface area contributed by atoms with Crippen LogP contribution in [0, 0.1) is 11.7 Å². The summed E-state index contributed by atoms with van der Waals surface area (Å²) < 4.78 is 13.0. The molecule has 3 nitrogen and oxygen atoms in total. The molecule has 0 aliphatic carbocycles. The maximum atomic E-state index is 13.0. The first-order valence-corrected chi connectivity index (χ1v) is 8.98. The molecule has 2 fully saturated rings. The van der Waals surface area contributed by atoms with Crippen LogP contribution in [0.2, 0.25) is 0 Å². The number of hydrogen-bond acceptors (Lipinski definition) is 2. The van der Waals surface area contributed by atoms with E-state index >= 15 is 0 Å². The van der Waals surface area contributed by atoms with Crippen LogP contribution in [0.3, 0.4) is 0 Å². The van der Waals surface area contributed by atoms with Crippen LogP contribution in [0.15, 0.2) is 24.3 Å². The molecule has 1 amide bonds. The van der Waals surface area contributed by atoms with E-state index in [-0.39, 0.29) is 11.7 Å².